The van der Waals surface area contributed by atoms with Crippen LogP contribution in [0.3, 0.4) is 0 Å². The number of aromatic nitrogens is 3. The number of imide groups is 2. The molecule has 176 valence electrons. The van der Waals surface area contributed by atoms with E-state index in [0.717, 1.165) is 10.5 Å². The van der Waals surface area contributed by atoms with Crippen molar-refractivity contribution >= 4 is 34.7 Å². The van der Waals surface area contributed by atoms with Gasteiger partial charge in [-0.15, -0.1) is 0 Å². The molecule has 0 radical (unpaired) electrons. The lowest BCUT2D eigenvalue weighted by Gasteiger charge is -2.30. The first-order chi connectivity index (χ1) is 17.0. The number of carbonyl (C=O) groups excluding carboxylic acids is 4. The summed E-state index contributed by atoms with van der Waals surface area (Å²) in [6.07, 6.45) is 4.67. The quantitative estimate of drug-likeness (QED) is 0.557. The second-order valence-electron chi connectivity index (χ2n) is 8.66. The van der Waals surface area contributed by atoms with E-state index in [4.69, 9.17) is 4.42 Å². The van der Waals surface area contributed by atoms with Crippen molar-refractivity contribution in [2.24, 2.45) is 0 Å². The summed E-state index contributed by atoms with van der Waals surface area (Å²) in [5, 5.41) is 2.22. The Labute approximate surface area is 198 Å². The van der Waals surface area contributed by atoms with Gasteiger partial charge in [-0.3, -0.25) is 29.4 Å². The standard InChI is InChI=1S/C24H20N6O5/c31-18-7-5-16(22(32)28-18)30-23(33)14-3-1-10-29(20(14)24(30)34)12-19-27-15-11-13(4-6-17(15)35-19)21-25-8-2-9-26-21/h2,4,6,8-9,11,16H,1,3,5,7,10,12H2,(H,28,31,32). The summed E-state index contributed by atoms with van der Waals surface area (Å²) in [5.41, 5.74) is 2.70. The van der Waals surface area contributed by atoms with Gasteiger partial charge in [-0.2, -0.15) is 0 Å². The van der Waals surface area contributed by atoms with Crippen molar-refractivity contribution in [1.82, 2.24) is 30.1 Å². The average Bonchev–Trinajstić information content (AvgIpc) is 3.38. The molecule has 3 aromatic rings. The van der Waals surface area contributed by atoms with Crippen molar-refractivity contribution in [3.8, 4) is 11.4 Å². The molecule has 6 rings (SSSR count). The van der Waals surface area contributed by atoms with Crippen LogP contribution in [0.1, 0.15) is 31.6 Å². The molecule has 1 atom stereocenters. The van der Waals surface area contributed by atoms with Crippen LogP contribution >= 0.6 is 0 Å². The van der Waals surface area contributed by atoms with Crippen LogP contribution in [-0.4, -0.2) is 61.0 Å². The molecule has 0 spiro atoms. The van der Waals surface area contributed by atoms with Gasteiger partial charge in [0.05, 0.1) is 6.54 Å². The van der Waals surface area contributed by atoms with Gasteiger partial charge in [-0.05, 0) is 43.5 Å². The van der Waals surface area contributed by atoms with Crippen molar-refractivity contribution in [2.75, 3.05) is 6.54 Å². The van der Waals surface area contributed by atoms with Gasteiger partial charge in [0.15, 0.2) is 11.4 Å². The molecule has 11 heteroatoms. The number of benzene rings is 1. The van der Waals surface area contributed by atoms with E-state index in [2.05, 4.69) is 20.3 Å². The molecule has 1 saturated heterocycles. The third-order valence-corrected chi connectivity index (χ3v) is 6.46. The van der Waals surface area contributed by atoms with Crippen molar-refractivity contribution in [1.29, 1.82) is 0 Å². The summed E-state index contributed by atoms with van der Waals surface area (Å²) in [7, 11) is 0. The molecule has 0 saturated carbocycles. The lowest BCUT2D eigenvalue weighted by atomic mass is 10.0. The molecule has 35 heavy (non-hydrogen) atoms. The van der Waals surface area contributed by atoms with E-state index in [1.165, 1.54) is 0 Å². The van der Waals surface area contributed by atoms with Gasteiger partial charge in [-0.1, -0.05) is 0 Å². The minimum atomic E-state index is -0.983. The topological polar surface area (TPSA) is 139 Å². The summed E-state index contributed by atoms with van der Waals surface area (Å²) in [6.45, 7) is 0.746. The van der Waals surface area contributed by atoms with Gasteiger partial charge in [0.25, 0.3) is 11.8 Å². The van der Waals surface area contributed by atoms with E-state index in [-0.39, 0.29) is 25.1 Å². The highest BCUT2D eigenvalue weighted by atomic mass is 16.3. The van der Waals surface area contributed by atoms with E-state index < -0.39 is 29.7 Å². The molecular formula is C24H20N6O5. The van der Waals surface area contributed by atoms with Crippen LogP contribution in [0.5, 0.6) is 0 Å². The number of piperidine rings is 1. The van der Waals surface area contributed by atoms with Gasteiger partial charge >= 0.3 is 0 Å². The summed E-state index contributed by atoms with van der Waals surface area (Å²) >= 11 is 0. The fourth-order valence-electron chi connectivity index (χ4n) is 4.86. The minimum Gasteiger partial charge on any atom is -0.439 e. The Bertz CT molecular complexity index is 1430. The Balaban J connectivity index is 1.26. The number of amides is 4. The van der Waals surface area contributed by atoms with E-state index in [0.29, 0.717) is 47.8 Å². The molecule has 0 bridgehead atoms. The Hall–Kier alpha value is -4.41. The van der Waals surface area contributed by atoms with E-state index in [1.807, 2.05) is 12.1 Å². The Morgan fingerprint density at radius 2 is 1.89 bits per heavy atom. The predicted octanol–water partition coefficient (Wildman–Crippen LogP) is 1.31. The second-order valence-corrected chi connectivity index (χ2v) is 8.66. The molecule has 1 fully saturated rings. The molecule has 2 aromatic heterocycles. The van der Waals surface area contributed by atoms with Crippen LogP contribution in [0.25, 0.3) is 22.5 Å². The highest BCUT2D eigenvalue weighted by Gasteiger charge is 2.48. The molecule has 1 unspecified atom stereocenters. The first kappa shape index (κ1) is 21.1. The lowest BCUT2D eigenvalue weighted by Crippen LogP contribution is -2.55. The monoisotopic (exact) mass is 472 g/mol. The van der Waals surface area contributed by atoms with Gasteiger partial charge in [-0.25, -0.2) is 15.0 Å². The molecule has 0 aliphatic carbocycles. The Morgan fingerprint density at radius 3 is 2.69 bits per heavy atom. The maximum absolute atomic E-state index is 13.3. The van der Waals surface area contributed by atoms with Crippen LogP contribution < -0.4 is 5.32 Å². The highest BCUT2D eigenvalue weighted by molar-refractivity contribution is 6.21. The number of rotatable bonds is 4. The average molecular weight is 472 g/mol. The molecule has 11 nitrogen and oxygen atoms in total. The maximum atomic E-state index is 13.3. The molecule has 1 aromatic carbocycles. The smallest absolute Gasteiger partial charge is 0.278 e. The first-order valence-electron chi connectivity index (χ1n) is 11.4. The van der Waals surface area contributed by atoms with Crippen LogP contribution in [0, 0.1) is 0 Å². The van der Waals surface area contributed by atoms with E-state index >= 15 is 0 Å². The van der Waals surface area contributed by atoms with Crippen molar-refractivity contribution in [3.63, 3.8) is 0 Å². The lowest BCUT2D eigenvalue weighted by molar-refractivity contribution is -0.150. The molecule has 3 aliphatic rings. The third-order valence-electron chi connectivity index (χ3n) is 6.46. The molecule has 4 amide bonds. The van der Waals surface area contributed by atoms with E-state index in [1.54, 1.807) is 29.4 Å². The Morgan fingerprint density at radius 1 is 1.06 bits per heavy atom. The number of hydrogen-bond donors (Lipinski definition) is 1. The fourth-order valence-corrected chi connectivity index (χ4v) is 4.86. The van der Waals surface area contributed by atoms with E-state index in [9.17, 15) is 19.2 Å². The minimum absolute atomic E-state index is 0.0841. The normalized spacial score (nSPS) is 20.6. The molecule has 5 heterocycles. The molecular weight excluding hydrogens is 452 g/mol. The zero-order valence-corrected chi connectivity index (χ0v) is 18.6. The number of oxazole rings is 1. The van der Waals surface area contributed by atoms with Crippen molar-refractivity contribution in [3.05, 3.63) is 53.8 Å². The number of hydrogen-bond acceptors (Lipinski definition) is 9. The zero-order valence-electron chi connectivity index (χ0n) is 18.6. The van der Waals surface area contributed by atoms with Gasteiger partial charge < -0.3 is 9.32 Å². The van der Waals surface area contributed by atoms with Crippen molar-refractivity contribution < 1.29 is 23.6 Å². The molecule has 3 aliphatic heterocycles. The summed E-state index contributed by atoms with van der Waals surface area (Å²) < 4.78 is 5.92. The van der Waals surface area contributed by atoms with Crippen LogP contribution in [-0.2, 0) is 25.7 Å². The fraction of sp³-hybridized carbons (Fsp3) is 0.292. The number of nitrogens with zero attached hydrogens (tertiary/aromatic N) is 5. The maximum Gasteiger partial charge on any atom is 0.278 e. The largest absolute Gasteiger partial charge is 0.439 e. The van der Waals surface area contributed by atoms with Crippen LogP contribution in [0.15, 0.2) is 52.3 Å². The highest BCUT2D eigenvalue weighted by Crippen LogP contribution is 2.35. The Kier molecular flexibility index (Phi) is 4.90. The molecule has 1 N–H and O–H groups in total. The number of fused-ring (bicyclic) bond motifs is 1. The predicted molar refractivity (Wildman–Crippen MR) is 120 cm³/mol. The second kappa shape index (κ2) is 8.12. The van der Waals surface area contributed by atoms with Gasteiger partial charge in [0.1, 0.15) is 17.3 Å². The summed E-state index contributed by atoms with van der Waals surface area (Å²) in [4.78, 5) is 66.2. The van der Waals surface area contributed by atoms with Crippen molar-refractivity contribution in [2.45, 2.75) is 38.3 Å². The summed E-state index contributed by atoms with van der Waals surface area (Å²) in [5.74, 6) is -1.02. The van der Waals surface area contributed by atoms with Crippen LogP contribution in [0.4, 0.5) is 0 Å². The number of carbonyl (C=O) groups is 4. The first-order valence-corrected chi connectivity index (χ1v) is 11.4. The summed E-state index contributed by atoms with van der Waals surface area (Å²) in [6, 6.07) is 6.25. The van der Waals surface area contributed by atoms with Crippen LogP contribution in [0.2, 0.25) is 0 Å². The SMILES string of the molecule is O=C1CCC(N2C(=O)C3=C(C2=O)N(Cc2nc4cc(-c5ncccn5)ccc4o2)CCC3)C(=O)N1. The number of nitrogens with one attached hydrogen (secondary N) is 1. The zero-order chi connectivity index (χ0) is 24.1. The third kappa shape index (κ3) is 3.56. The van der Waals surface area contributed by atoms with Gasteiger partial charge in [0, 0.05) is 36.5 Å². The van der Waals surface area contributed by atoms with Gasteiger partial charge in [0.2, 0.25) is 17.7 Å².